The quantitative estimate of drug-likeness (QED) is 0.540. The van der Waals surface area contributed by atoms with Crippen LogP contribution in [0.2, 0.25) is 0 Å². The van der Waals surface area contributed by atoms with Gasteiger partial charge in [-0.15, -0.1) is 0 Å². The molecule has 0 aromatic heterocycles. The molecule has 0 rings (SSSR count). The monoisotopic (exact) mass is 343 g/mol. The van der Waals surface area contributed by atoms with Gasteiger partial charge in [0.2, 0.25) is 0 Å². The molecule has 0 aromatic carbocycles. The molecule has 0 aromatic rings. The van der Waals surface area contributed by atoms with E-state index >= 15 is 0 Å². The third-order valence-electron chi connectivity index (χ3n) is 3.05. The first-order valence-corrected chi connectivity index (χ1v) is 8.29. The fraction of sp³-hybridized carbons (Fsp3) is 0.778. The average molecular weight is 343 g/mol. The molecule has 1 amide bonds. The Morgan fingerprint density at radius 3 is 2.08 bits per heavy atom. The number of nitrogens with one attached hydrogen (secondary N) is 1. The summed E-state index contributed by atoms with van der Waals surface area (Å²) < 4.78 is 16.3. The molecule has 0 aliphatic heterocycles. The van der Waals surface area contributed by atoms with E-state index in [1.54, 1.807) is 27.7 Å². The second-order valence-corrected chi connectivity index (χ2v) is 7.49. The predicted octanol–water partition coefficient (Wildman–Crippen LogP) is 3.45. The summed E-state index contributed by atoms with van der Waals surface area (Å²) in [5, 5.41) is 2.48. The number of esters is 1. The highest BCUT2D eigenvalue weighted by atomic mass is 16.6. The van der Waals surface area contributed by atoms with Gasteiger partial charge in [0.1, 0.15) is 17.7 Å². The Labute approximate surface area is 145 Å². The molecule has 0 aliphatic carbocycles. The Morgan fingerprint density at radius 2 is 1.67 bits per heavy atom. The number of hydrogen-bond donors (Lipinski definition) is 1. The molecule has 0 aliphatic rings. The van der Waals surface area contributed by atoms with Gasteiger partial charge in [0, 0.05) is 0 Å². The highest BCUT2D eigenvalue weighted by Gasteiger charge is 2.29. The molecule has 1 N–H and O–H groups in total. The molecular weight excluding hydrogens is 310 g/mol. The summed E-state index contributed by atoms with van der Waals surface area (Å²) in [6.07, 6.45) is -1.35. The normalized spacial score (nSPS) is 15.4. The lowest BCUT2D eigenvalue weighted by Gasteiger charge is -2.29. The summed E-state index contributed by atoms with van der Waals surface area (Å²) in [5.41, 5.74) is 0.273. The van der Waals surface area contributed by atoms with Gasteiger partial charge in [0.25, 0.3) is 0 Å². The van der Waals surface area contributed by atoms with Crippen molar-refractivity contribution in [1.82, 2.24) is 5.32 Å². The molecule has 140 valence electrons. The van der Waals surface area contributed by atoms with Crippen LogP contribution in [0.15, 0.2) is 12.2 Å². The Kier molecular flexibility index (Phi) is 9.04. The average Bonchev–Trinajstić information content (AvgIpc) is 2.38. The van der Waals surface area contributed by atoms with E-state index in [2.05, 4.69) is 11.9 Å². The zero-order valence-electron chi connectivity index (χ0n) is 16.3. The van der Waals surface area contributed by atoms with Crippen molar-refractivity contribution in [2.24, 2.45) is 5.92 Å². The standard InChI is InChI=1S/C18H33NO5/c1-11(2)10-22-14(6)15(12(3)4)23-16(20)13(5)19-17(21)24-18(7,8)9/h12-15H,1,10H2,2-9H3,(H,19,21)/t13-,14-,15+/m0/s1. The first kappa shape index (κ1) is 22.4. The summed E-state index contributed by atoms with van der Waals surface area (Å²) >= 11 is 0. The Balaban J connectivity index is 4.65. The van der Waals surface area contributed by atoms with Crippen LogP contribution in [0, 0.1) is 5.92 Å². The lowest BCUT2D eigenvalue weighted by Crippen LogP contribution is -2.45. The summed E-state index contributed by atoms with van der Waals surface area (Å²) in [4.78, 5) is 24.0. The van der Waals surface area contributed by atoms with E-state index in [1.807, 2.05) is 27.7 Å². The Bertz CT molecular complexity index is 439. The van der Waals surface area contributed by atoms with Crippen molar-refractivity contribution in [2.75, 3.05) is 6.61 Å². The maximum atomic E-state index is 12.2. The van der Waals surface area contributed by atoms with E-state index in [0.717, 1.165) is 5.57 Å². The summed E-state index contributed by atoms with van der Waals surface area (Å²) in [7, 11) is 0. The molecule has 24 heavy (non-hydrogen) atoms. The SMILES string of the molecule is C=C(C)CO[C@@H](C)[C@H](OC(=O)[C@H](C)NC(=O)OC(C)(C)C)C(C)C. The molecular formula is C18H33NO5. The van der Waals surface area contributed by atoms with Crippen LogP contribution in [0.5, 0.6) is 0 Å². The number of rotatable bonds is 8. The molecule has 0 saturated carbocycles. The molecule has 0 fully saturated rings. The summed E-state index contributed by atoms with van der Waals surface area (Å²) in [5.74, 6) is -0.451. The van der Waals surface area contributed by atoms with E-state index in [4.69, 9.17) is 14.2 Å². The number of hydrogen-bond acceptors (Lipinski definition) is 5. The van der Waals surface area contributed by atoms with Gasteiger partial charge in [-0.05, 0) is 47.5 Å². The number of ether oxygens (including phenoxy) is 3. The van der Waals surface area contributed by atoms with Crippen molar-refractivity contribution >= 4 is 12.1 Å². The maximum Gasteiger partial charge on any atom is 0.408 e. The van der Waals surface area contributed by atoms with Crippen molar-refractivity contribution in [3.05, 3.63) is 12.2 Å². The smallest absolute Gasteiger partial charge is 0.408 e. The van der Waals surface area contributed by atoms with Crippen molar-refractivity contribution in [2.45, 2.75) is 79.2 Å². The Morgan fingerprint density at radius 1 is 1.12 bits per heavy atom. The molecule has 6 heteroatoms. The topological polar surface area (TPSA) is 73.9 Å². The second kappa shape index (κ2) is 9.67. The van der Waals surface area contributed by atoms with Crippen molar-refractivity contribution < 1.29 is 23.8 Å². The molecule has 0 radical (unpaired) electrons. The fourth-order valence-electron chi connectivity index (χ4n) is 1.92. The summed E-state index contributed by atoms with van der Waals surface area (Å²) in [6.45, 7) is 18.6. The minimum Gasteiger partial charge on any atom is -0.458 e. The van der Waals surface area contributed by atoms with Gasteiger partial charge in [-0.25, -0.2) is 9.59 Å². The lowest BCUT2D eigenvalue weighted by molar-refractivity contribution is -0.162. The summed E-state index contributed by atoms with van der Waals surface area (Å²) in [6, 6.07) is -0.811. The van der Waals surface area contributed by atoms with Crippen LogP contribution in [0.25, 0.3) is 0 Å². The van der Waals surface area contributed by atoms with E-state index in [-0.39, 0.29) is 12.0 Å². The molecule has 6 nitrogen and oxygen atoms in total. The van der Waals surface area contributed by atoms with Crippen LogP contribution in [-0.4, -0.2) is 42.5 Å². The van der Waals surface area contributed by atoms with Gasteiger partial charge in [0.15, 0.2) is 0 Å². The van der Waals surface area contributed by atoms with Gasteiger partial charge < -0.3 is 19.5 Å². The van der Waals surface area contributed by atoms with Gasteiger partial charge in [-0.3, -0.25) is 0 Å². The minimum atomic E-state index is -0.811. The first-order valence-electron chi connectivity index (χ1n) is 8.29. The van der Waals surface area contributed by atoms with Gasteiger partial charge in [-0.2, -0.15) is 0 Å². The van der Waals surface area contributed by atoms with Gasteiger partial charge in [-0.1, -0.05) is 26.0 Å². The number of amides is 1. The van der Waals surface area contributed by atoms with Crippen LogP contribution in [0.3, 0.4) is 0 Å². The maximum absolute atomic E-state index is 12.2. The fourth-order valence-corrected chi connectivity index (χ4v) is 1.92. The number of carbonyl (C=O) groups is 2. The minimum absolute atomic E-state index is 0.0720. The number of carbonyl (C=O) groups excluding carboxylic acids is 2. The van der Waals surface area contributed by atoms with E-state index in [0.29, 0.717) is 6.61 Å². The van der Waals surface area contributed by atoms with Crippen molar-refractivity contribution in [3.63, 3.8) is 0 Å². The van der Waals surface area contributed by atoms with Gasteiger partial charge >= 0.3 is 12.1 Å². The first-order chi connectivity index (χ1) is 10.8. The molecule has 0 spiro atoms. The predicted molar refractivity (Wildman–Crippen MR) is 93.8 cm³/mol. The van der Waals surface area contributed by atoms with Crippen LogP contribution < -0.4 is 5.32 Å². The Hall–Kier alpha value is -1.56. The molecule has 0 bridgehead atoms. The van der Waals surface area contributed by atoms with Crippen LogP contribution in [0.4, 0.5) is 4.79 Å². The van der Waals surface area contributed by atoms with E-state index in [9.17, 15) is 9.59 Å². The van der Waals surface area contributed by atoms with Crippen LogP contribution in [0.1, 0.15) is 55.4 Å². The van der Waals surface area contributed by atoms with E-state index in [1.165, 1.54) is 0 Å². The molecule has 3 atom stereocenters. The molecule has 0 unspecified atom stereocenters. The van der Waals surface area contributed by atoms with E-state index < -0.39 is 29.8 Å². The number of alkyl carbamates (subject to hydrolysis) is 1. The highest BCUT2D eigenvalue weighted by molar-refractivity contribution is 5.81. The van der Waals surface area contributed by atoms with Crippen LogP contribution in [-0.2, 0) is 19.0 Å². The van der Waals surface area contributed by atoms with Gasteiger partial charge in [0.05, 0.1) is 12.7 Å². The van der Waals surface area contributed by atoms with Crippen molar-refractivity contribution in [3.8, 4) is 0 Å². The third kappa shape index (κ3) is 9.55. The second-order valence-electron chi connectivity index (χ2n) is 7.49. The largest absolute Gasteiger partial charge is 0.458 e. The zero-order chi connectivity index (χ0) is 19.1. The third-order valence-corrected chi connectivity index (χ3v) is 3.05. The molecule has 0 saturated heterocycles. The highest BCUT2D eigenvalue weighted by Crippen LogP contribution is 2.16. The van der Waals surface area contributed by atoms with Crippen molar-refractivity contribution in [1.29, 1.82) is 0 Å². The zero-order valence-corrected chi connectivity index (χ0v) is 16.3. The van der Waals surface area contributed by atoms with Crippen LogP contribution >= 0.6 is 0 Å². The molecule has 0 heterocycles. The lowest BCUT2D eigenvalue weighted by atomic mass is 10.0.